The van der Waals surface area contributed by atoms with Gasteiger partial charge in [0.1, 0.15) is 0 Å². The molecule has 0 fully saturated rings. The third kappa shape index (κ3) is 2.18. The van der Waals surface area contributed by atoms with Gasteiger partial charge in [-0.05, 0) is 0 Å². The summed E-state index contributed by atoms with van der Waals surface area (Å²) in [5.74, 6) is 0. The zero-order valence-corrected chi connectivity index (χ0v) is 13.6. The first-order valence-corrected chi connectivity index (χ1v) is 9.63. The van der Waals surface area contributed by atoms with Crippen LogP contribution in [-0.2, 0) is 3.83 Å². The van der Waals surface area contributed by atoms with Crippen molar-refractivity contribution in [1.29, 1.82) is 0 Å². The van der Waals surface area contributed by atoms with Crippen molar-refractivity contribution >= 4 is 44.3 Å². The van der Waals surface area contributed by atoms with Crippen molar-refractivity contribution in [3.63, 3.8) is 0 Å². The monoisotopic (exact) mass is 350 g/mol. The number of hydrogen-bond donors (Lipinski definition) is 0. The summed E-state index contributed by atoms with van der Waals surface area (Å²) in [6.45, 7) is 0. The second kappa shape index (κ2) is 5.49. The molecule has 0 unspecified atom stereocenters. The molecule has 0 spiro atoms. The van der Waals surface area contributed by atoms with Crippen LogP contribution in [0.3, 0.4) is 0 Å². The van der Waals surface area contributed by atoms with Gasteiger partial charge in [0, 0.05) is 0 Å². The van der Waals surface area contributed by atoms with Gasteiger partial charge >= 0.3 is 133 Å². The average molecular weight is 349 g/mol. The van der Waals surface area contributed by atoms with E-state index in [0.717, 1.165) is 30.5 Å². The van der Waals surface area contributed by atoms with E-state index in [9.17, 15) is 3.83 Å². The molecule has 0 saturated heterocycles. The Morgan fingerprint density at radius 3 is 1.41 bits per heavy atom. The standard InChI is InChI=1S/C20H14OSe/c21-22(19-13-5-9-15-7-1-3-11-17(15)19)20-14-6-10-16-8-2-4-12-18(16)20/h1-14H. The molecule has 4 aromatic rings. The Hall–Kier alpha value is -2.28. The van der Waals surface area contributed by atoms with Gasteiger partial charge in [0.25, 0.3) is 0 Å². The fraction of sp³-hybridized carbons (Fsp3) is 0. The van der Waals surface area contributed by atoms with Gasteiger partial charge < -0.3 is 0 Å². The topological polar surface area (TPSA) is 17.1 Å². The first-order valence-electron chi connectivity index (χ1n) is 7.22. The van der Waals surface area contributed by atoms with Crippen molar-refractivity contribution in [3.05, 3.63) is 84.9 Å². The predicted molar refractivity (Wildman–Crippen MR) is 93.6 cm³/mol. The van der Waals surface area contributed by atoms with Gasteiger partial charge in [-0.2, -0.15) is 0 Å². The zero-order chi connectivity index (χ0) is 14.9. The van der Waals surface area contributed by atoms with E-state index in [1.54, 1.807) is 0 Å². The predicted octanol–water partition coefficient (Wildman–Crippen LogP) is 3.53. The minimum absolute atomic E-state index is 0.967. The van der Waals surface area contributed by atoms with Crippen molar-refractivity contribution in [2.75, 3.05) is 0 Å². The van der Waals surface area contributed by atoms with E-state index in [2.05, 4.69) is 36.4 Å². The van der Waals surface area contributed by atoms with E-state index < -0.39 is 13.8 Å². The van der Waals surface area contributed by atoms with Gasteiger partial charge in [-0.15, -0.1) is 0 Å². The van der Waals surface area contributed by atoms with Gasteiger partial charge in [-0.3, -0.25) is 0 Å². The van der Waals surface area contributed by atoms with E-state index in [1.165, 1.54) is 0 Å². The fourth-order valence-corrected chi connectivity index (χ4v) is 5.80. The number of hydrogen-bond acceptors (Lipinski definition) is 1. The molecule has 0 saturated carbocycles. The molecule has 0 aliphatic rings. The molecule has 0 aliphatic heterocycles. The molecule has 0 aromatic heterocycles. The van der Waals surface area contributed by atoms with Crippen molar-refractivity contribution in [2.45, 2.75) is 0 Å². The maximum absolute atomic E-state index is 13.3. The average Bonchev–Trinajstić information content (AvgIpc) is 2.60. The Labute approximate surface area is 133 Å². The van der Waals surface area contributed by atoms with Gasteiger partial charge in [0.15, 0.2) is 0 Å². The summed E-state index contributed by atoms with van der Waals surface area (Å²) in [6.07, 6.45) is 0. The third-order valence-corrected chi connectivity index (χ3v) is 7.07. The van der Waals surface area contributed by atoms with Crippen LogP contribution in [0.4, 0.5) is 0 Å². The Balaban J connectivity index is 1.97. The molecule has 4 rings (SSSR count). The second-order valence-electron chi connectivity index (χ2n) is 5.22. The Morgan fingerprint density at radius 1 is 0.500 bits per heavy atom. The van der Waals surface area contributed by atoms with Crippen LogP contribution in [0.1, 0.15) is 0 Å². The third-order valence-electron chi connectivity index (χ3n) is 3.90. The molecule has 0 heterocycles. The Morgan fingerprint density at radius 2 is 0.909 bits per heavy atom. The molecular weight excluding hydrogens is 335 g/mol. The minimum atomic E-state index is -2.31. The molecule has 0 N–H and O–H groups in total. The number of rotatable bonds is 2. The van der Waals surface area contributed by atoms with Crippen LogP contribution in [0.2, 0.25) is 0 Å². The molecule has 4 aromatic carbocycles. The molecule has 2 heteroatoms. The molecule has 0 radical (unpaired) electrons. The van der Waals surface area contributed by atoms with Crippen molar-refractivity contribution < 1.29 is 3.83 Å². The fourth-order valence-electron chi connectivity index (χ4n) is 2.83. The molecule has 106 valence electrons. The molecule has 0 atom stereocenters. The SMILES string of the molecule is O=[Se](c1cccc2ccccc12)c1cccc2ccccc12. The van der Waals surface area contributed by atoms with Gasteiger partial charge in [-0.25, -0.2) is 0 Å². The van der Waals surface area contributed by atoms with Crippen molar-refractivity contribution in [3.8, 4) is 0 Å². The van der Waals surface area contributed by atoms with E-state index in [0.29, 0.717) is 0 Å². The van der Waals surface area contributed by atoms with Crippen molar-refractivity contribution in [1.82, 2.24) is 0 Å². The normalized spacial score (nSPS) is 11.3. The van der Waals surface area contributed by atoms with Crippen LogP contribution in [0.5, 0.6) is 0 Å². The molecular formula is C20H14OSe. The van der Waals surface area contributed by atoms with E-state index in [-0.39, 0.29) is 0 Å². The van der Waals surface area contributed by atoms with Crippen LogP contribution >= 0.6 is 0 Å². The van der Waals surface area contributed by atoms with Crippen LogP contribution in [0.15, 0.2) is 84.9 Å². The first-order chi connectivity index (χ1) is 10.8. The summed E-state index contributed by atoms with van der Waals surface area (Å²) < 4.78 is 15.2. The summed E-state index contributed by atoms with van der Waals surface area (Å²) in [6, 6.07) is 28.4. The van der Waals surface area contributed by atoms with E-state index in [1.807, 2.05) is 48.5 Å². The summed E-state index contributed by atoms with van der Waals surface area (Å²) in [5, 5.41) is 4.48. The van der Waals surface area contributed by atoms with Gasteiger partial charge in [0.2, 0.25) is 0 Å². The van der Waals surface area contributed by atoms with Crippen LogP contribution in [-0.4, -0.2) is 13.8 Å². The van der Waals surface area contributed by atoms with Crippen LogP contribution in [0, 0.1) is 0 Å². The molecule has 0 aliphatic carbocycles. The zero-order valence-electron chi connectivity index (χ0n) is 11.9. The van der Waals surface area contributed by atoms with E-state index >= 15 is 0 Å². The quantitative estimate of drug-likeness (QED) is 0.506. The first kappa shape index (κ1) is 13.4. The molecule has 22 heavy (non-hydrogen) atoms. The van der Waals surface area contributed by atoms with Crippen molar-refractivity contribution in [2.24, 2.45) is 0 Å². The Kier molecular flexibility index (Phi) is 3.34. The molecule has 1 nitrogen and oxygen atoms in total. The molecule has 0 bridgehead atoms. The second-order valence-corrected chi connectivity index (χ2v) is 8.20. The summed E-state index contributed by atoms with van der Waals surface area (Å²) in [4.78, 5) is 0. The number of fused-ring (bicyclic) bond motifs is 2. The molecule has 0 amide bonds. The number of benzene rings is 4. The van der Waals surface area contributed by atoms with E-state index in [4.69, 9.17) is 0 Å². The van der Waals surface area contributed by atoms with Crippen LogP contribution < -0.4 is 8.92 Å². The summed E-state index contributed by atoms with van der Waals surface area (Å²) >= 11 is -2.31. The van der Waals surface area contributed by atoms with Gasteiger partial charge in [0.05, 0.1) is 0 Å². The Bertz CT molecular complexity index is 913. The summed E-state index contributed by atoms with van der Waals surface area (Å²) in [5.41, 5.74) is 0. The summed E-state index contributed by atoms with van der Waals surface area (Å²) in [7, 11) is 0. The maximum atomic E-state index is 13.3. The van der Waals surface area contributed by atoms with Gasteiger partial charge in [-0.1, -0.05) is 0 Å². The van der Waals surface area contributed by atoms with Crippen LogP contribution in [0.25, 0.3) is 21.5 Å².